The van der Waals surface area contributed by atoms with Crippen molar-refractivity contribution in [3.8, 4) is 0 Å². The molecule has 1 unspecified atom stereocenters. The molecule has 1 heterocycles. The van der Waals surface area contributed by atoms with Crippen LogP contribution < -0.4 is 11.1 Å². The van der Waals surface area contributed by atoms with E-state index in [1.807, 2.05) is 20.2 Å². The van der Waals surface area contributed by atoms with Gasteiger partial charge in [-0.05, 0) is 34.5 Å². The Morgan fingerprint density at radius 1 is 1.73 bits per heavy atom. The van der Waals surface area contributed by atoms with Crippen molar-refractivity contribution in [2.45, 2.75) is 6.92 Å². The van der Waals surface area contributed by atoms with Crippen LogP contribution in [0.4, 0.5) is 0 Å². The van der Waals surface area contributed by atoms with Crippen molar-refractivity contribution in [2.24, 2.45) is 18.7 Å². The summed E-state index contributed by atoms with van der Waals surface area (Å²) in [4.78, 5) is 11.7. The van der Waals surface area contributed by atoms with E-state index in [-0.39, 0.29) is 5.91 Å². The minimum atomic E-state index is -0.0662. The number of aryl methyl sites for hydroxylation is 1. The molecule has 4 nitrogen and oxygen atoms in total. The van der Waals surface area contributed by atoms with Gasteiger partial charge in [-0.15, -0.1) is 0 Å². The number of hydrogen-bond acceptors (Lipinski definition) is 2. The van der Waals surface area contributed by atoms with Crippen molar-refractivity contribution in [2.75, 3.05) is 13.1 Å². The molecule has 0 aliphatic carbocycles. The zero-order chi connectivity index (χ0) is 11.4. The first-order valence-electron chi connectivity index (χ1n) is 4.84. The molecule has 0 fully saturated rings. The van der Waals surface area contributed by atoms with Crippen LogP contribution in [0.25, 0.3) is 0 Å². The fraction of sp³-hybridized carbons (Fsp3) is 0.500. The zero-order valence-corrected chi connectivity index (χ0v) is 10.5. The maximum Gasteiger partial charge on any atom is 0.267 e. The van der Waals surface area contributed by atoms with Gasteiger partial charge in [0.1, 0.15) is 5.69 Å². The third-order valence-electron chi connectivity index (χ3n) is 2.22. The average Bonchev–Trinajstić information content (AvgIpc) is 2.53. The summed E-state index contributed by atoms with van der Waals surface area (Å²) in [7, 11) is 1.84. The second kappa shape index (κ2) is 5.32. The normalized spacial score (nSPS) is 12.5. The number of hydrogen-bond donors (Lipinski definition) is 2. The molecule has 0 saturated carbocycles. The molecule has 1 amide bonds. The predicted molar refractivity (Wildman–Crippen MR) is 63.7 cm³/mol. The van der Waals surface area contributed by atoms with Crippen LogP contribution in [0, 0.1) is 5.92 Å². The highest BCUT2D eigenvalue weighted by molar-refractivity contribution is 9.10. The largest absolute Gasteiger partial charge is 0.350 e. The highest BCUT2D eigenvalue weighted by Crippen LogP contribution is 2.13. The van der Waals surface area contributed by atoms with E-state index in [0.29, 0.717) is 24.7 Å². The van der Waals surface area contributed by atoms with Crippen molar-refractivity contribution >= 4 is 21.8 Å². The minimum Gasteiger partial charge on any atom is -0.350 e. The summed E-state index contributed by atoms with van der Waals surface area (Å²) >= 11 is 3.32. The van der Waals surface area contributed by atoms with Crippen molar-refractivity contribution < 1.29 is 4.79 Å². The summed E-state index contributed by atoms with van der Waals surface area (Å²) in [6, 6.07) is 1.79. The maximum absolute atomic E-state index is 11.7. The molecule has 1 aromatic heterocycles. The van der Waals surface area contributed by atoms with E-state index in [1.165, 1.54) is 0 Å². The third kappa shape index (κ3) is 3.35. The van der Waals surface area contributed by atoms with E-state index < -0.39 is 0 Å². The van der Waals surface area contributed by atoms with Gasteiger partial charge in [0, 0.05) is 24.3 Å². The molecule has 0 aromatic carbocycles. The average molecular weight is 274 g/mol. The summed E-state index contributed by atoms with van der Waals surface area (Å²) < 4.78 is 2.69. The monoisotopic (exact) mass is 273 g/mol. The van der Waals surface area contributed by atoms with Crippen LogP contribution in [0.3, 0.4) is 0 Å². The van der Waals surface area contributed by atoms with Crippen LogP contribution in [-0.2, 0) is 7.05 Å². The van der Waals surface area contributed by atoms with Crippen molar-refractivity contribution in [3.63, 3.8) is 0 Å². The second-order valence-electron chi connectivity index (χ2n) is 3.71. The quantitative estimate of drug-likeness (QED) is 0.864. The highest BCUT2D eigenvalue weighted by Gasteiger charge is 2.11. The second-order valence-corrected chi connectivity index (χ2v) is 4.62. The molecular formula is C10H16BrN3O. The Morgan fingerprint density at radius 2 is 2.40 bits per heavy atom. The Bertz CT molecular complexity index is 348. The summed E-state index contributed by atoms with van der Waals surface area (Å²) in [6.07, 6.45) is 1.85. The van der Waals surface area contributed by atoms with Crippen LogP contribution in [0.5, 0.6) is 0 Å². The molecule has 3 N–H and O–H groups in total. The molecule has 1 rings (SSSR count). The van der Waals surface area contributed by atoms with E-state index in [0.717, 1.165) is 4.47 Å². The minimum absolute atomic E-state index is 0.0662. The first-order valence-corrected chi connectivity index (χ1v) is 5.64. The Morgan fingerprint density at radius 3 is 2.87 bits per heavy atom. The summed E-state index contributed by atoms with van der Waals surface area (Å²) in [6.45, 7) is 3.19. The molecule has 1 atom stereocenters. The van der Waals surface area contributed by atoms with E-state index in [1.54, 1.807) is 10.6 Å². The molecule has 84 valence electrons. The lowest BCUT2D eigenvalue weighted by atomic mass is 10.2. The van der Waals surface area contributed by atoms with Gasteiger partial charge in [-0.25, -0.2) is 0 Å². The third-order valence-corrected chi connectivity index (χ3v) is 2.65. The molecular weight excluding hydrogens is 258 g/mol. The van der Waals surface area contributed by atoms with E-state index in [9.17, 15) is 4.79 Å². The van der Waals surface area contributed by atoms with Gasteiger partial charge >= 0.3 is 0 Å². The van der Waals surface area contributed by atoms with Crippen LogP contribution >= 0.6 is 15.9 Å². The summed E-state index contributed by atoms with van der Waals surface area (Å²) in [5.74, 6) is 0.237. The number of rotatable bonds is 4. The topological polar surface area (TPSA) is 60.0 Å². The Hall–Kier alpha value is -0.810. The fourth-order valence-electron chi connectivity index (χ4n) is 1.19. The van der Waals surface area contributed by atoms with Crippen LogP contribution in [0.1, 0.15) is 17.4 Å². The molecule has 15 heavy (non-hydrogen) atoms. The SMILES string of the molecule is CC(CN)CNC(=O)c1cc(Br)cn1C. The number of nitrogens with two attached hydrogens (primary N) is 1. The van der Waals surface area contributed by atoms with Gasteiger partial charge < -0.3 is 15.6 Å². The van der Waals surface area contributed by atoms with Gasteiger partial charge in [0.15, 0.2) is 0 Å². The molecule has 0 aliphatic rings. The van der Waals surface area contributed by atoms with Crippen LogP contribution in [0.2, 0.25) is 0 Å². The standard InChI is InChI=1S/C10H16BrN3O/c1-7(4-12)5-13-10(15)9-3-8(11)6-14(9)2/h3,6-7H,4-5,12H2,1-2H3,(H,13,15). The van der Waals surface area contributed by atoms with Gasteiger partial charge in [-0.3, -0.25) is 4.79 Å². The van der Waals surface area contributed by atoms with Gasteiger partial charge in [0.25, 0.3) is 5.91 Å². The molecule has 5 heteroatoms. The number of aromatic nitrogens is 1. The number of amides is 1. The van der Waals surface area contributed by atoms with Gasteiger partial charge in [0.2, 0.25) is 0 Å². The Labute approximate surface area is 98.0 Å². The van der Waals surface area contributed by atoms with Gasteiger partial charge in [-0.1, -0.05) is 6.92 Å². The summed E-state index contributed by atoms with van der Waals surface area (Å²) in [5.41, 5.74) is 6.11. The molecule has 0 aliphatic heterocycles. The lowest BCUT2D eigenvalue weighted by Crippen LogP contribution is -2.32. The number of nitrogens with zero attached hydrogens (tertiary/aromatic N) is 1. The fourth-order valence-corrected chi connectivity index (χ4v) is 1.71. The lowest BCUT2D eigenvalue weighted by Gasteiger charge is -2.10. The first-order chi connectivity index (χ1) is 7.04. The Kier molecular flexibility index (Phi) is 4.35. The molecule has 0 saturated heterocycles. The number of nitrogens with one attached hydrogen (secondary N) is 1. The van der Waals surface area contributed by atoms with Gasteiger partial charge in [0.05, 0.1) is 0 Å². The Balaban J connectivity index is 2.58. The molecule has 0 radical (unpaired) electrons. The summed E-state index contributed by atoms with van der Waals surface area (Å²) in [5, 5.41) is 2.84. The zero-order valence-electron chi connectivity index (χ0n) is 8.96. The van der Waals surface area contributed by atoms with Gasteiger partial charge in [-0.2, -0.15) is 0 Å². The maximum atomic E-state index is 11.7. The number of carbonyl (C=O) groups excluding carboxylic acids is 1. The van der Waals surface area contributed by atoms with E-state index in [4.69, 9.17) is 5.73 Å². The smallest absolute Gasteiger partial charge is 0.267 e. The lowest BCUT2D eigenvalue weighted by molar-refractivity contribution is 0.0940. The molecule has 0 bridgehead atoms. The van der Waals surface area contributed by atoms with E-state index in [2.05, 4.69) is 21.2 Å². The predicted octanol–water partition coefficient (Wildman–Crippen LogP) is 1.11. The van der Waals surface area contributed by atoms with E-state index >= 15 is 0 Å². The first kappa shape index (κ1) is 12.3. The molecule has 0 spiro atoms. The van der Waals surface area contributed by atoms with Crippen LogP contribution in [0.15, 0.2) is 16.7 Å². The number of halogens is 1. The molecule has 1 aromatic rings. The highest BCUT2D eigenvalue weighted by atomic mass is 79.9. The van der Waals surface area contributed by atoms with Crippen LogP contribution in [-0.4, -0.2) is 23.6 Å². The number of carbonyl (C=O) groups is 1. The van der Waals surface area contributed by atoms with Crippen molar-refractivity contribution in [1.29, 1.82) is 0 Å². The van der Waals surface area contributed by atoms with Crippen molar-refractivity contribution in [1.82, 2.24) is 9.88 Å². The van der Waals surface area contributed by atoms with Crippen molar-refractivity contribution in [3.05, 3.63) is 22.4 Å².